The van der Waals surface area contributed by atoms with E-state index in [2.05, 4.69) is 53.3 Å². The minimum absolute atomic E-state index is 0.418. The van der Waals surface area contributed by atoms with Gasteiger partial charge >= 0.3 is 0 Å². The second-order valence-corrected chi connectivity index (χ2v) is 3.99. The molecule has 1 nitrogen and oxygen atoms in total. The lowest BCUT2D eigenvalue weighted by Crippen LogP contribution is -2.12. The summed E-state index contributed by atoms with van der Waals surface area (Å²) in [6.45, 7) is 4.26. The summed E-state index contributed by atoms with van der Waals surface area (Å²) in [6.07, 6.45) is 0. The number of aryl methyl sites for hydroxylation is 1. The van der Waals surface area contributed by atoms with Crippen molar-refractivity contribution < 1.29 is 0 Å². The van der Waals surface area contributed by atoms with E-state index in [1.54, 1.807) is 0 Å². The first-order chi connectivity index (χ1) is 5.63. The summed E-state index contributed by atoms with van der Waals surface area (Å²) in [5.74, 6) is 0. The SMILES string of the molecule is CNC(C)c1cc(C)cc(Br)c1. The third-order valence-corrected chi connectivity index (χ3v) is 2.46. The van der Waals surface area contributed by atoms with Gasteiger partial charge in [0.15, 0.2) is 0 Å². The van der Waals surface area contributed by atoms with E-state index in [1.165, 1.54) is 11.1 Å². The van der Waals surface area contributed by atoms with E-state index in [0.717, 1.165) is 4.47 Å². The molecule has 12 heavy (non-hydrogen) atoms. The molecule has 1 aromatic rings. The lowest BCUT2D eigenvalue weighted by Gasteiger charge is -2.11. The molecule has 0 aliphatic rings. The summed E-state index contributed by atoms with van der Waals surface area (Å²) in [4.78, 5) is 0. The number of hydrogen-bond donors (Lipinski definition) is 1. The van der Waals surface area contributed by atoms with Crippen LogP contribution in [0.15, 0.2) is 22.7 Å². The molecule has 0 aromatic heterocycles. The molecule has 66 valence electrons. The van der Waals surface area contributed by atoms with Crippen LogP contribution in [0.1, 0.15) is 24.1 Å². The lowest BCUT2D eigenvalue weighted by atomic mass is 10.1. The molecule has 0 amide bonds. The molecule has 1 unspecified atom stereocenters. The van der Waals surface area contributed by atoms with Gasteiger partial charge in [-0.1, -0.05) is 22.0 Å². The van der Waals surface area contributed by atoms with Gasteiger partial charge in [-0.15, -0.1) is 0 Å². The highest BCUT2D eigenvalue weighted by Crippen LogP contribution is 2.19. The van der Waals surface area contributed by atoms with Crippen molar-refractivity contribution in [1.29, 1.82) is 0 Å². The molecular weight excluding hydrogens is 214 g/mol. The van der Waals surface area contributed by atoms with E-state index >= 15 is 0 Å². The molecule has 0 bridgehead atoms. The molecule has 0 aliphatic heterocycles. The van der Waals surface area contributed by atoms with Crippen LogP contribution in [0.2, 0.25) is 0 Å². The van der Waals surface area contributed by atoms with E-state index in [0.29, 0.717) is 6.04 Å². The van der Waals surface area contributed by atoms with Gasteiger partial charge in [0.05, 0.1) is 0 Å². The third kappa shape index (κ3) is 2.32. The van der Waals surface area contributed by atoms with E-state index < -0.39 is 0 Å². The minimum atomic E-state index is 0.418. The van der Waals surface area contributed by atoms with Crippen LogP contribution in [0.25, 0.3) is 0 Å². The van der Waals surface area contributed by atoms with E-state index in [4.69, 9.17) is 0 Å². The third-order valence-electron chi connectivity index (χ3n) is 2.00. The second-order valence-electron chi connectivity index (χ2n) is 3.07. The maximum atomic E-state index is 3.48. The van der Waals surface area contributed by atoms with E-state index in [9.17, 15) is 0 Å². The van der Waals surface area contributed by atoms with Gasteiger partial charge < -0.3 is 5.32 Å². The van der Waals surface area contributed by atoms with Crippen LogP contribution in [0, 0.1) is 6.92 Å². The fraction of sp³-hybridized carbons (Fsp3) is 0.400. The fourth-order valence-electron chi connectivity index (χ4n) is 1.18. The summed E-state index contributed by atoms with van der Waals surface area (Å²) in [5.41, 5.74) is 2.62. The normalized spacial score (nSPS) is 13.0. The Morgan fingerprint density at radius 1 is 1.33 bits per heavy atom. The van der Waals surface area contributed by atoms with Gasteiger partial charge in [-0.05, 0) is 44.2 Å². The number of nitrogens with one attached hydrogen (secondary N) is 1. The smallest absolute Gasteiger partial charge is 0.0289 e. The van der Waals surface area contributed by atoms with Gasteiger partial charge in [-0.25, -0.2) is 0 Å². The Balaban J connectivity index is 3.00. The maximum Gasteiger partial charge on any atom is 0.0289 e. The highest BCUT2D eigenvalue weighted by atomic mass is 79.9. The van der Waals surface area contributed by atoms with Crippen molar-refractivity contribution in [3.05, 3.63) is 33.8 Å². The summed E-state index contributed by atoms with van der Waals surface area (Å²) in [7, 11) is 1.97. The standard InChI is InChI=1S/C10H14BrN/c1-7-4-9(8(2)12-3)6-10(11)5-7/h4-6,8,12H,1-3H3. The Labute approximate surface area is 82.3 Å². The number of benzene rings is 1. The zero-order valence-corrected chi connectivity index (χ0v) is 9.27. The quantitative estimate of drug-likeness (QED) is 0.820. The molecule has 0 heterocycles. The summed E-state index contributed by atoms with van der Waals surface area (Å²) in [5, 5.41) is 3.21. The van der Waals surface area contributed by atoms with Crippen LogP contribution < -0.4 is 5.32 Å². The molecular formula is C10H14BrN. The van der Waals surface area contributed by atoms with Crippen molar-refractivity contribution in [3.63, 3.8) is 0 Å². The molecule has 0 spiro atoms. The van der Waals surface area contributed by atoms with E-state index in [1.807, 2.05) is 7.05 Å². The fourth-order valence-corrected chi connectivity index (χ4v) is 1.81. The topological polar surface area (TPSA) is 12.0 Å². The average molecular weight is 228 g/mol. The van der Waals surface area contributed by atoms with Gasteiger partial charge in [0.1, 0.15) is 0 Å². The predicted molar refractivity (Wildman–Crippen MR) is 56.4 cm³/mol. The van der Waals surface area contributed by atoms with Gasteiger partial charge in [-0.3, -0.25) is 0 Å². The van der Waals surface area contributed by atoms with Crippen molar-refractivity contribution in [3.8, 4) is 0 Å². The molecule has 2 heteroatoms. The molecule has 1 atom stereocenters. The summed E-state index contributed by atoms with van der Waals surface area (Å²) >= 11 is 3.48. The maximum absolute atomic E-state index is 3.48. The molecule has 0 saturated carbocycles. The molecule has 1 rings (SSSR count). The molecule has 0 saturated heterocycles. The van der Waals surface area contributed by atoms with E-state index in [-0.39, 0.29) is 0 Å². The Morgan fingerprint density at radius 3 is 2.50 bits per heavy atom. The summed E-state index contributed by atoms with van der Waals surface area (Å²) in [6, 6.07) is 6.88. The largest absolute Gasteiger partial charge is 0.313 e. The van der Waals surface area contributed by atoms with Gasteiger partial charge in [0.25, 0.3) is 0 Å². The summed E-state index contributed by atoms with van der Waals surface area (Å²) < 4.78 is 1.15. The zero-order chi connectivity index (χ0) is 9.14. The van der Waals surface area contributed by atoms with Crippen molar-refractivity contribution >= 4 is 15.9 Å². The van der Waals surface area contributed by atoms with Gasteiger partial charge in [-0.2, -0.15) is 0 Å². The number of hydrogen-bond acceptors (Lipinski definition) is 1. The first-order valence-electron chi connectivity index (χ1n) is 4.08. The Morgan fingerprint density at radius 2 is 2.00 bits per heavy atom. The van der Waals surface area contributed by atoms with Crippen molar-refractivity contribution in [2.75, 3.05) is 7.05 Å². The molecule has 1 aromatic carbocycles. The van der Waals surface area contributed by atoms with Crippen molar-refractivity contribution in [2.24, 2.45) is 0 Å². The molecule has 0 fully saturated rings. The van der Waals surface area contributed by atoms with Crippen LogP contribution in [-0.2, 0) is 0 Å². The average Bonchev–Trinajstić information content (AvgIpc) is 2.01. The first kappa shape index (κ1) is 9.75. The minimum Gasteiger partial charge on any atom is -0.313 e. The van der Waals surface area contributed by atoms with Gasteiger partial charge in [0, 0.05) is 10.5 Å². The number of rotatable bonds is 2. The second kappa shape index (κ2) is 4.06. The van der Waals surface area contributed by atoms with Crippen LogP contribution >= 0.6 is 15.9 Å². The molecule has 0 radical (unpaired) electrons. The lowest BCUT2D eigenvalue weighted by molar-refractivity contribution is 0.651. The predicted octanol–water partition coefficient (Wildman–Crippen LogP) is 3.04. The van der Waals surface area contributed by atoms with Crippen LogP contribution in [0.3, 0.4) is 0 Å². The van der Waals surface area contributed by atoms with Crippen LogP contribution in [-0.4, -0.2) is 7.05 Å². The van der Waals surface area contributed by atoms with Crippen LogP contribution in [0.4, 0.5) is 0 Å². The Bertz CT molecular complexity index is 250. The zero-order valence-electron chi connectivity index (χ0n) is 7.69. The highest BCUT2D eigenvalue weighted by Gasteiger charge is 2.02. The van der Waals surface area contributed by atoms with Gasteiger partial charge in [0.2, 0.25) is 0 Å². The Kier molecular flexibility index (Phi) is 3.29. The Hall–Kier alpha value is -0.340. The molecule has 1 N–H and O–H groups in total. The molecule has 0 aliphatic carbocycles. The highest BCUT2D eigenvalue weighted by molar-refractivity contribution is 9.10. The monoisotopic (exact) mass is 227 g/mol. The first-order valence-corrected chi connectivity index (χ1v) is 4.87. The van der Waals surface area contributed by atoms with Crippen molar-refractivity contribution in [2.45, 2.75) is 19.9 Å². The number of halogens is 1. The van der Waals surface area contributed by atoms with Crippen molar-refractivity contribution in [1.82, 2.24) is 5.32 Å². The van der Waals surface area contributed by atoms with Crippen LogP contribution in [0.5, 0.6) is 0 Å².